The zero-order valence-electron chi connectivity index (χ0n) is 11.4. The Morgan fingerprint density at radius 3 is 2.63 bits per heavy atom. The number of carbonyl (C=O) groups is 2. The summed E-state index contributed by atoms with van der Waals surface area (Å²) in [5.74, 6) is 0.345. The molecule has 2 amide bonds. The molecule has 3 fully saturated rings. The van der Waals surface area contributed by atoms with Crippen LogP contribution >= 0.6 is 0 Å². The quantitative estimate of drug-likeness (QED) is 0.776. The maximum atomic E-state index is 12.4. The number of nitrogens with one attached hydrogen (secondary N) is 1. The van der Waals surface area contributed by atoms with Crippen LogP contribution < -0.4 is 5.32 Å². The van der Waals surface area contributed by atoms with Crippen molar-refractivity contribution in [1.29, 1.82) is 0 Å². The molecule has 0 aliphatic carbocycles. The van der Waals surface area contributed by atoms with Gasteiger partial charge in [0.1, 0.15) is 0 Å². The standard InChI is InChI=1S/C14H23N3O2/c18-13-4-3-11(9-15-13)14(19)17-8-5-12(10-17)16-6-1-2-7-16/h11-12H,1-10H2,(H,15,18). The van der Waals surface area contributed by atoms with E-state index in [1.54, 1.807) is 0 Å². The Balaban J connectivity index is 1.52. The minimum Gasteiger partial charge on any atom is -0.355 e. The van der Waals surface area contributed by atoms with Gasteiger partial charge in [0.15, 0.2) is 0 Å². The number of hydrogen-bond donors (Lipinski definition) is 1. The fourth-order valence-corrected chi connectivity index (χ4v) is 3.55. The zero-order chi connectivity index (χ0) is 13.2. The van der Waals surface area contributed by atoms with Crippen molar-refractivity contribution in [3.8, 4) is 0 Å². The number of hydrogen-bond acceptors (Lipinski definition) is 3. The first-order chi connectivity index (χ1) is 9.24. The summed E-state index contributed by atoms with van der Waals surface area (Å²) in [7, 11) is 0. The Labute approximate surface area is 114 Å². The molecule has 2 unspecified atom stereocenters. The first-order valence-corrected chi connectivity index (χ1v) is 7.53. The van der Waals surface area contributed by atoms with Crippen LogP contribution in [-0.4, -0.2) is 60.4 Å². The van der Waals surface area contributed by atoms with E-state index in [1.165, 1.54) is 25.9 Å². The number of amides is 2. The third-order valence-electron chi connectivity index (χ3n) is 4.75. The summed E-state index contributed by atoms with van der Waals surface area (Å²) in [6.45, 7) is 4.72. The fraction of sp³-hybridized carbons (Fsp3) is 0.857. The zero-order valence-corrected chi connectivity index (χ0v) is 11.4. The minimum atomic E-state index is 0.00929. The molecule has 2 atom stereocenters. The molecule has 106 valence electrons. The maximum Gasteiger partial charge on any atom is 0.227 e. The van der Waals surface area contributed by atoms with Crippen molar-refractivity contribution < 1.29 is 9.59 Å². The number of carbonyl (C=O) groups excluding carboxylic acids is 2. The summed E-state index contributed by atoms with van der Waals surface area (Å²) in [5, 5.41) is 2.81. The summed E-state index contributed by atoms with van der Waals surface area (Å²) in [6, 6.07) is 0.574. The van der Waals surface area contributed by atoms with Crippen LogP contribution in [0.15, 0.2) is 0 Å². The fourth-order valence-electron chi connectivity index (χ4n) is 3.55. The summed E-state index contributed by atoms with van der Waals surface area (Å²) in [6.07, 6.45) is 4.94. The molecule has 19 heavy (non-hydrogen) atoms. The van der Waals surface area contributed by atoms with Crippen molar-refractivity contribution >= 4 is 11.8 Å². The molecule has 3 rings (SSSR count). The Bertz CT molecular complexity index is 356. The maximum absolute atomic E-state index is 12.4. The van der Waals surface area contributed by atoms with Gasteiger partial charge >= 0.3 is 0 Å². The topological polar surface area (TPSA) is 52.7 Å². The van der Waals surface area contributed by atoms with Crippen LogP contribution in [0, 0.1) is 5.92 Å². The van der Waals surface area contributed by atoms with E-state index < -0.39 is 0 Å². The van der Waals surface area contributed by atoms with E-state index in [0.717, 1.165) is 25.9 Å². The lowest BCUT2D eigenvalue weighted by molar-refractivity contribution is -0.136. The molecule has 5 heteroatoms. The van der Waals surface area contributed by atoms with Crippen LogP contribution in [0.3, 0.4) is 0 Å². The minimum absolute atomic E-state index is 0.00929. The lowest BCUT2D eigenvalue weighted by Crippen LogP contribution is -2.45. The molecule has 3 heterocycles. The highest BCUT2D eigenvalue weighted by Crippen LogP contribution is 2.23. The van der Waals surface area contributed by atoms with Crippen molar-refractivity contribution in [3.63, 3.8) is 0 Å². The van der Waals surface area contributed by atoms with Crippen LogP contribution in [0.4, 0.5) is 0 Å². The highest BCUT2D eigenvalue weighted by atomic mass is 16.2. The lowest BCUT2D eigenvalue weighted by Gasteiger charge is -2.28. The second-order valence-corrected chi connectivity index (χ2v) is 6.01. The van der Waals surface area contributed by atoms with Crippen molar-refractivity contribution in [2.75, 3.05) is 32.7 Å². The number of rotatable bonds is 2. The molecule has 0 saturated carbocycles. The molecule has 0 spiro atoms. The Morgan fingerprint density at radius 1 is 1.16 bits per heavy atom. The molecule has 0 aromatic carbocycles. The van der Waals surface area contributed by atoms with Gasteiger partial charge in [0, 0.05) is 32.1 Å². The largest absolute Gasteiger partial charge is 0.355 e. The van der Waals surface area contributed by atoms with Crippen molar-refractivity contribution in [2.24, 2.45) is 5.92 Å². The van der Waals surface area contributed by atoms with Gasteiger partial charge in [0.2, 0.25) is 11.8 Å². The van der Waals surface area contributed by atoms with E-state index in [2.05, 4.69) is 10.2 Å². The van der Waals surface area contributed by atoms with Gasteiger partial charge < -0.3 is 10.2 Å². The normalized spacial score (nSPS) is 32.6. The Morgan fingerprint density at radius 2 is 1.95 bits per heavy atom. The van der Waals surface area contributed by atoms with E-state index in [4.69, 9.17) is 0 Å². The van der Waals surface area contributed by atoms with E-state index >= 15 is 0 Å². The molecule has 3 aliphatic heterocycles. The molecular formula is C14H23N3O2. The lowest BCUT2D eigenvalue weighted by atomic mass is 9.98. The molecule has 0 aromatic heterocycles. The smallest absolute Gasteiger partial charge is 0.227 e. The van der Waals surface area contributed by atoms with E-state index in [9.17, 15) is 9.59 Å². The van der Waals surface area contributed by atoms with Crippen LogP contribution in [0.2, 0.25) is 0 Å². The van der Waals surface area contributed by atoms with Gasteiger partial charge in [0.05, 0.1) is 5.92 Å². The number of likely N-dealkylation sites (tertiary alicyclic amines) is 2. The van der Waals surface area contributed by atoms with E-state index in [0.29, 0.717) is 19.0 Å². The van der Waals surface area contributed by atoms with Crippen LogP contribution in [0.1, 0.15) is 32.1 Å². The molecule has 0 bridgehead atoms. The van der Waals surface area contributed by atoms with Gasteiger partial charge in [-0.05, 0) is 38.8 Å². The van der Waals surface area contributed by atoms with Crippen LogP contribution in [-0.2, 0) is 9.59 Å². The second kappa shape index (κ2) is 5.49. The van der Waals surface area contributed by atoms with Gasteiger partial charge in [-0.25, -0.2) is 0 Å². The first-order valence-electron chi connectivity index (χ1n) is 7.53. The Hall–Kier alpha value is -1.10. The summed E-state index contributed by atoms with van der Waals surface area (Å²) >= 11 is 0. The third kappa shape index (κ3) is 2.76. The van der Waals surface area contributed by atoms with E-state index in [1.807, 2.05) is 4.90 Å². The number of piperidine rings is 1. The molecule has 0 radical (unpaired) electrons. The second-order valence-electron chi connectivity index (χ2n) is 6.01. The molecule has 1 N–H and O–H groups in total. The van der Waals surface area contributed by atoms with Gasteiger partial charge in [0.25, 0.3) is 0 Å². The van der Waals surface area contributed by atoms with Crippen molar-refractivity contribution in [1.82, 2.24) is 15.1 Å². The molecule has 0 aromatic rings. The molecule has 3 saturated heterocycles. The summed E-state index contributed by atoms with van der Waals surface area (Å²) in [5.41, 5.74) is 0. The molecule has 3 aliphatic rings. The van der Waals surface area contributed by atoms with Gasteiger partial charge in [-0.1, -0.05) is 0 Å². The average Bonchev–Trinajstić information content (AvgIpc) is 3.10. The third-order valence-corrected chi connectivity index (χ3v) is 4.75. The van der Waals surface area contributed by atoms with Crippen molar-refractivity contribution in [3.05, 3.63) is 0 Å². The predicted octanol–water partition coefficient (Wildman–Crippen LogP) is 0.209. The summed E-state index contributed by atoms with van der Waals surface area (Å²) < 4.78 is 0. The predicted molar refractivity (Wildman–Crippen MR) is 71.5 cm³/mol. The SMILES string of the molecule is O=C1CCC(C(=O)N2CCC(N3CCCC3)C2)CN1. The van der Waals surface area contributed by atoms with Gasteiger partial charge in [-0.2, -0.15) is 0 Å². The van der Waals surface area contributed by atoms with Crippen molar-refractivity contribution in [2.45, 2.75) is 38.1 Å². The van der Waals surface area contributed by atoms with Crippen LogP contribution in [0.5, 0.6) is 0 Å². The first kappa shape index (κ1) is 12.9. The van der Waals surface area contributed by atoms with Gasteiger partial charge in [-0.15, -0.1) is 0 Å². The monoisotopic (exact) mass is 265 g/mol. The van der Waals surface area contributed by atoms with Crippen LogP contribution in [0.25, 0.3) is 0 Å². The van der Waals surface area contributed by atoms with E-state index in [-0.39, 0.29) is 17.7 Å². The molecular weight excluding hydrogens is 242 g/mol. The Kier molecular flexibility index (Phi) is 3.73. The molecule has 5 nitrogen and oxygen atoms in total. The highest BCUT2D eigenvalue weighted by Gasteiger charge is 2.35. The van der Waals surface area contributed by atoms with Gasteiger partial charge in [-0.3, -0.25) is 14.5 Å². The highest BCUT2D eigenvalue weighted by molar-refractivity contribution is 5.84. The summed E-state index contributed by atoms with van der Waals surface area (Å²) in [4.78, 5) is 28.1. The average molecular weight is 265 g/mol. The number of nitrogens with zero attached hydrogens (tertiary/aromatic N) is 2.